The summed E-state index contributed by atoms with van der Waals surface area (Å²) in [5, 5.41) is 3.64. The molecule has 1 fully saturated rings. The van der Waals surface area contributed by atoms with Gasteiger partial charge in [-0.25, -0.2) is 0 Å². The van der Waals surface area contributed by atoms with Crippen molar-refractivity contribution in [1.29, 1.82) is 0 Å². The lowest BCUT2D eigenvalue weighted by atomic mass is 9.75. The summed E-state index contributed by atoms with van der Waals surface area (Å²) in [6.45, 7) is 9.32. The maximum absolute atomic E-state index is 3.64. The molecule has 2 nitrogen and oxygen atoms in total. The van der Waals surface area contributed by atoms with E-state index in [-0.39, 0.29) is 0 Å². The number of nitrogens with zero attached hydrogens (tertiary/aromatic N) is 1. The summed E-state index contributed by atoms with van der Waals surface area (Å²) in [6, 6.07) is 7.29. The van der Waals surface area contributed by atoms with Crippen molar-refractivity contribution in [3.63, 3.8) is 0 Å². The minimum atomic E-state index is 0.423. The van der Waals surface area contributed by atoms with E-state index in [1.54, 1.807) is 0 Å². The lowest BCUT2D eigenvalue weighted by Crippen LogP contribution is -2.55. The molecule has 92 valence electrons. The Morgan fingerprint density at radius 2 is 2.18 bits per heavy atom. The Balaban J connectivity index is 2.04. The number of hydrogen-bond donors (Lipinski definition) is 1. The zero-order chi connectivity index (χ0) is 12.0. The Kier molecular flexibility index (Phi) is 2.35. The van der Waals surface area contributed by atoms with Gasteiger partial charge in [-0.3, -0.25) is 0 Å². The molecule has 1 unspecified atom stereocenters. The molecule has 2 aliphatic heterocycles. The first-order chi connectivity index (χ1) is 8.09. The molecule has 0 aliphatic carbocycles. The number of fused-ring (bicyclic) bond motifs is 3. The first kappa shape index (κ1) is 10.9. The largest absolute Gasteiger partial charge is 0.381 e. The Hall–Kier alpha value is -1.18. The predicted molar refractivity (Wildman–Crippen MR) is 73.8 cm³/mol. The highest BCUT2D eigenvalue weighted by atomic mass is 15.2. The number of rotatable bonds is 0. The second-order valence-electron chi connectivity index (χ2n) is 6.15. The van der Waals surface area contributed by atoms with E-state index in [1.807, 2.05) is 0 Å². The van der Waals surface area contributed by atoms with Crippen molar-refractivity contribution in [3.05, 3.63) is 23.8 Å². The highest BCUT2D eigenvalue weighted by molar-refractivity contribution is 5.76. The molecule has 3 rings (SSSR count). The third-order valence-electron chi connectivity index (χ3n) is 4.53. The van der Waals surface area contributed by atoms with Crippen molar-refractivity contribution in [2.75, 3.05) is 23.3 Å². The maximum Gasteiger partial charge on any atom is 0.0608 e. The summed E-state index contributed by atoms with van der Waals surface area (Å²) in [7, 11) is 0. The van der Waals surface area contributed by atoms with Crippen LogP contribution in [0, 0.1) is 12.3 Å². The third kappa shape index (κ3) is 1.62. The topological polar surface area (TPSA) is 15.3 Å². The van der Waals surface area contributed by atoms with Gasteiger partial charge in [0.15, 0.2) is 0 Å². The van der Waals surface area contributed by atoms with Gasteiger partial charge >= 0.3 is 0 Å². The first-order valence-electron chi connectivity index (χ1n) is 6.70. The quantitative estimate of drug-likeness (QED) is 0.734. The van der Waals surface area contributed by atoms with Crippen LogP contribution in [-0.2, 0) is 0 Å². The molecule has 0 saturated carbocycles. The minimum Gasteiger partial charge on any atom is -0.381 e. The minimum absolute atomic E-state index is 0.423. The summed E-state index contributed by atoms with van der Waals surface area (Å²) in [4.78, 5) is 2.63. The average Bonchev–Trinajstić information content (AvgIpc) is 2.29. The van der Waals surface area contributed by atoms with Gasteiger partial charge in [-0.1, -0.05) is 26.0 Å². The van der Waals surface area contributed by atoms with Gasteiger partial charge in [-0.15, -0.1) is 0 Å². The fourth-order valence-electron chi connectivity index (χ4n) is 3.44. The van der Waals surface area contributed by atoms with Crippen LogP contribution in [0.25, 0.3) is 0 Å². The molecule has 1 aromatic carbocycles. The van der Waals surface area contributed by atoms with Gasteiger partial charge in [0.25, 0.3) is 0 Å². The van der Waals surface area contributed by atoms with Crippen LogP contribution in [0.1, 0.15) is 32.3 Å². The van der Waals surface area contributed by atoms with E-state index in [9.17, 15) is 0 Å². The smallest absolute Gasteiger partial charge is 0.0608 e. The normalized spacial score (nSPS) is 25.8. The fourth-order valence-corrected chi connectivity index (χ4v) is 3.44. The van der Waals surface area contributed by atoms with Gasteiger partial charge in [0.1, 0.15) is 0 Å². The van der Waals surface area contributed by atoms with Gasteiger partial charge in [0, 0.05) is 13.1 Å². The summed E-state index contributed by atoms with van der Waals surface area (Å²) in [5.41, 5.74) is 4.55. The monoisotopic (exact) mass is 230 g/mol. The Morgan fingerprint density at radius 1 is 1.35 bits per heavy atom. The van der Waals surface area contributed by atoms with Crippen LogP contribution in [0.15, 0.2) is 18.2 Å². The highest BCUT2D eigenvalue weighted by Crippen LogP contribution is 2.43. The Labute approximate surface area is 104 Å². The second-order valence-corrected chi connectivity index (χ2v) is 6.15. The number of aryl methyl sites for hydroxylation is 1. The molecule has 0 radical (unpaired) electrons. The van der Waals surface area contributed by atoms with Gasteiger partial charge in [-0.2, -0.15) is 0 Å². The maximum atomic E-state index is 3.64. The highest BCUT2D eigenvalue weighted by Gasteiger charge is 2.40. The lowest BCUT2D eigenvalue weighted by Gasteiger charge is -2.51. The lowest BCUT2D eigenvalue weighted by molar-refractivity contribution is 0.217. The van der Waals surface area contributed by atoms with Gasteiger partial charge in [0.05, 0.1) is 17.4 Å². The summed E-state index contributed by atoms with van der Waals surface area (Å²) in [6.07, 6.45) is 2.66. The van der Waals surface area contributed by atoms with Gasteiger partial charge < -0.3 is 10.2 Å². The summed E-state index contributed by atoms with van der Waals surface area (Å²) < 4.78 is 0. The van der Waals surface area contributed by atoms with Crippen molar-refractivity contribution in [2.24, 2.45) is 5.41 Å². The number of anilines is 2. The standard InChI is InChI=1S/C15H22N2/c1-11-6-4-7-12-14(11)16-10-13-15(2,3)8-5-9-17(12)13/h4,6-7,13,16H,5,8-10H2,1-3H3. The van der Waals surface area contributed by atoms with Crippen molar-refractivity contribution in [2.45, 2.75) is 39.7 Å². The van der Waals surface area contributed by atoms with E-state index in [4.69, 9.17) is 0 Å². The second kappa shape index (κ2) is 3.66. The molecule has 2 aliphatic rings. The Bertz CT molecular complexity index is 437. The fraction of sp³-hybridized carbons (Fsp3) is 0.600. The van der Waals surface area contributed by atoms with E-state index >= 15 is 0 Å². The van der Waals surface area contributed by atoms with Crippen molar-refractivity contribution in [3.8, 4) is 0 Å². The zero-order valence-electron chi connectivity index (χ0n) is 11.1. The van der Waals surface area contributed by atoms with E-state index in [0.29, 0.717) is 11.5 Å². The summed E-state index contributed by atoms with van der Waals surface area (Å²) >= 11 is 0. The predicted octanol–water partition coefficient (Wildman–Crippen LogP) is 3.42. The molecule has 1 atom stereocenters. The number of para-hydroxylation sites is 1. The van der Waals surface area contributed by atoms with Crippen molar-refractivity contribution < 1.29 is 0 Å². The molecule has 0 spiro atoms. The van der Waals surface area contributed by atoms with Crippen LogP contribution in [0.5, 0.6) is 0 Å². The number of benzene rings is 1. The van der Waals surface area contributed by atoms with E-state index in [0.717, 1.165) is 6.54 Å². The van der Waals surface area contributed by atoms with Crippen LogP contribution < -0.4 is 10.2 Å². The number of nitrogens with one attached hydrogen (secondary N) is 1. The van der Waals surface area contributed by atoms with Crippen LogP contribution in [0.3, 0.4) is 0 Å². The van der Waals surface area contributed by atoms with E-state index < -0.39 is 0 Å². The van der Waals surface area contributed by atoms with Crippen molar-refractivity contribution >= 4 is 11.4 Å². The van der Waals surface area contributed by atoms with Crippen LogP contribution >= 0.6 is 0 Å². The van der Waals surface area contributed by atoms with Crippen LogP contribution in [0.4, 0.5) is 11.4 Å². The third-order valence-corrected chi connectivity index (χ3v) is 4.53. The average molecular weight is 230 g/mol. The molecule has 1 aromatic rings. The first-order valence-corrected chi connectivity index (χ1v) is 6.70. The van der Waals surface area contributed by atoms with E-state index in [2.05, 4.69) is 49.2 Å². The van der Waals surface area contributed by atoms with Gasteiger partial charge in [-0.05, 0) is 36.8 Å². The molecule has 1 saturated heterocycles. The molecule has 1 N–H and O–H groups in total. The Morgan fingerprint density at radius 3 is 3.00 bits per heavy atom. The van der Waals surface area contributed by atoms with E-state index in [1.165, 1.54) is 36.3 Å². The molecule has 0 bridgehead atoms. The molecule has 2 heteroatoms. The summed E-state index contributed by atoms with van der Waals surface area (Å²) in [5.74, 6) is 0. The SMILES string of the molecule is Cc1cccc2c1NCC1N2CCCC1(C)C. The number of hydrogen-bond acceptors (Lipinski definition) is 2. The molecular weight excluding hydrogens is 208 g/mol. The van der Waals surface area contributed by atoms with Gasteiger partial charge in [0.2, 0.25) is 0 Å². The molecule has 0 amide bonds. The molecular formula is C15H22N2. The number of piperidine rings is 1. The molecule has 2 heterocycles. The van der Waals surface area contributed by atoms with Crippen molar-refractivity contribution in [1.82, 2.24) is 0 Å². The zero-order valence-corrected chi connectivity index (χ0v) is 11.1. The molecule has 17 heavy (non-hydrogen) atoms. The van der Waals surface area contributed by atoms with Crippen LogP contribution in [0.2, 0.25) is 0 Å². The van der Waals surface area contributed by atoms with Crippen LogP contribution in [-0.4, -0.2) is 19.1 Å². The molecule has 0 aromatic heterocycles.